The molecule has 0 spiro atoms. The Bertz CT molecular complexity index is 1050. The number of hydrogen-bond acceptors (Lipinski definition) is 5. The van der Waals surface area contributed by atoms with Crippen LogP contribution in [0.4, 0.5) is 20.7 Å². The topological polar surface area (TPSA) is 70.4 Å². The lowest BCUT2D eigenvalue weighted by atomic mass is 10.2. The Balaban J connectivity index is 1.37. The van der Waals surface area contributed by atoms with Gasteiger partial charge in [-0.2, -0.15) is 5.10 Å². The Labute approximate surface area is 161 Å². The fraction of sp³-hybridized carbons (Fsp3) is 0.368. The number of halogens is 1. The van der Waals surface area contributed by atoms with Crippen molar-refractivity contribution in [3.8, 4) is 0 Å². The number of carbonyl (C=O) groups excluding carboxylic acids is 1. The minimum absolute atomic E-state index is 0.00193. The highest BCUT2D eigenvalue weighted by molar-refractivity contribution is 5.93. The summed E-state index contributed by atoms with van der Waals surface area (Å²) < 4.78 is 15.7. The Morgan fingerprint density at radius 1 is 1.18 bits per heavy atom. The molecule has 0 radical (unpaired) electrons. The van der Waals surface area contributed by atoms with Crippen LogP contribution in [0.5, 0.6) is 0 Å². The van der Waals surface area contributed by atoms with Crippen molar-refractivity contribution in [1.29, 1.82) is 0 Å². The van der Waals surface area contributed by atoms with Crippen LogP contribution in [0.15, 0.2) is 36.9 Å². The minimum atomic E-state index is -0.295. The summed E-state index contributed by atoms with van der Waals surface area (Å²) in [5.74, 6) is 0.451. The number of anilines is 2. The lowest BCUT2D eigenvalue weighted by molar-refractivity contribution is 0.229. The summed E-state index contributed by atoms with van der Waals surface area (Å²) in [4.78, 5) is 26.4. The van der Waals surface area contributed by atoms with Crippen LogP contribution in [-0.2, 0) is 0 Å². The fourth-order valence-corrected chi connectivity index (χ4v) is 3.97. The summed E-state index contributed by atoms with van der Waals surface area (Å²) in [6.07, 6.45) is 6.10. The second-order valence-corrected chi connectivity index (χ2v) is 7.28. The van der Waals surface area contributed by atoms with E-state index in [2.05, 4.69) is 20.0 Å². The van der Waals surface area contributed by atoms with Crippen LogP contribution in [0, 0.1) is 5.82 Å². The quantitative estimate of drug-likeness (QED) is 0.696. The first-order chi connectivity index (χ1) is 13.6. The molecule has 4 heterocycles. The zero-order valence-corrected chi connectivity index (χ0v) is 15.5. The molecule has 9 heteroatoms. The number of benzene rings is 1. The Hall–Kier alpha value is -3.23. The van der Waals surface area contributed by atoms with E-state index >= 15 is 0 Å². The zero-order chi connectivity index (χ0) is 19.3. The molecule has 2 aromatic heterocycles. The molecule has 1 aromatic carbocycles. The average Bonchev–Trinajstić information content (AvgIpc) is 3.42. The normalized spacial score (nSPS) is 20.0. The molecule has 2 amide bonds. The van der Waals surface area contributed by atoms with Crippen LogP contribution in [0.25, 0.3) is 10.9 Å². The Morgan fingerprint density at radius 3 is 2.89 bits per heavy atom. The summed E-state index contributed by atoms with van der Waals surface area (Å²) in [7, 11) is 1.80. The maximum atomic E-state index is 13.7. The number of carbonyl (C=O) groups is 1. The van der Waals surface area contributed by atoms with Crippen molar-refractivity contribution in [3.05, 3.63) is 42.7 Å². The monoisotopic (exact) mass is 381 g/mol. The standard InChI is InChI=1S/C19H20FN7O/c1-24-6-7-26(19(24)28)15-9-23-27(11-15)14-4-5-25(10-14)18-16-8-13(20)2-3-17(16)21-12-22-18/h2-3,8-9,11-12,14H,4-7,10H2,1H3. The number of amides is 2. The van der Waals surface area contributed by atoms with E-state index in [-0.39, 0.29) is 17.9 Å². The van der Waals surface area contributed by atoms with E-state index in [9.17, 15) is 9.18 Å². The molecule has 1 atom stereocenters. The molecule has 2 aliphatic heterocycles. The lowest BCUT2D eigenvalue weighted by Gasteiger charge is -2.19. The predicted molar refractivity (Wildman–Crippen MR) is 103 cm³/mol. The van der Waals surface area contributed by atoms with Gasteiger partial charge in [0.25, 0.3) is 0 Å². The largest absolute Gasteiger partial charge is 0.354 e. The van der Waals surface area contributed by atoms with Gasteiger partial charge in [0.2, 0.25) is 0 Å². The molecule has 0 bridgehead atoms. The van der Waals surface area contributed by atoms with Crippen LogP contribution in [0.3, 0.4) is 0 Å². The number of fused-ring (bicyclic) bond motifs is 1. The fourth-order valence-electron chi connectivity index (χ4n) is 3.97. The molecular formula is C19H20FN7O. The third-order valence-corrected chi connectivity index (χ3v) is 5.53. The molecule has 28 heavy (non-hydrogen) atoms. The number of hydrogen-bond donors (Lipinski definition) is 0. The van der Waals surface area contributed by atoms with E-state index < -0.39 is 0 Å². The maximum Gasteiger partial charge on any atom is 0.324 e. The SMILES string of the molecule is CN1CCN(c2cnn(C3CCN(c4ncnc5ccc(F)cc45)C3)c2)C1=O. The molecule has 0 N–H and O–H groups in total. The summed E-state index contributed by atoms with van der Waals surface area (Å²) in [5, 5.41) is 5.21. The number of urea groups is 1. The Morgan fingerprint density at radius 2 is 2.07 bits per heavy atom. The van der Waals surface area contributed by atoms with Gasteiger partial charge in [0.05, 0.1) is 23.4 Å². The second kappa shape index (κ2) is 6.43. The number of likely N-dealkylation sites (N-methyl/N-ethyl adjacent to an activating group) is 1. The first-order valence-corrected chi connectivity index (χ1v) is 9.32. The van der Waals surface area contributed by atoms with Crippen LogP contribution >= 0.6 is 0 Å². The van der Waals surface area contributed by atoms with E-state index in [1.54, 1.807) is 29.1 Å². The van der Waals surface area contributed by atoms with Gasteiger partial charge in [-0.25, -0.2) is 19.2 Å². The summed E-state index contributed by atoms with van der Waals surface area (Å²) in [6.45, 7) is 2.92. The highest BCUT2D eigenvalue weighted by atomic mass is 19.1. The van der Waals surface area contributed by atoms with Gasteiger partial charge in [0.1, 0.15) is 18.0 Å². The van der Waals surface area contributed by atoms with Gasteiger partial charge >= 0.3 is 6.03 Å². The van der Waals surface area contributed by atoms with Gasteiger partial charge < -0.3 is 9.80 Å². The van der Waals surface area contributed by atoms with Gasteiger partial charge in [-0.1, -0.05) is 0 Å². The van der Waals surface area contributed by atoms with Gasteiger partial charge in [-0.15, -0.1) is 0 Å². The van der Waals surface area contributed by atoms with E-state index in [1.165, 1.54) is 18.5 Å². The minimum Gasteiger partial charge on any atom is -0.354 e. The maximum absolute atomic E-state index is 13.7. The molecule has 5 rings (SSSR count). The van der Waals surface area contributed by atoms with Crippen LogP contribution in [0.2, 0.25) is 0 Å². The molecule has 0 aliphatic carbocycles. The second-order valence-electron chi connectivity index (χ2n) is 7.28. The van der Waals surface area contributed by atoms with Crippen molar-refractivity contribution in [2.24, 2.45) is 0 Å². The molecule has 2 fully saturated rings. The average molecular weight is 381 g/mol. The number of aromatic nitrogens is 4. The molecular weight excluding hydrogens is 361 g/mol. The van der Waals surface area contributed by atoms with Gasteiger partial charge in [0.15, 0.2) is 0 Å². The Kier molecular flexibility index (Phi) is 3.88. The third-order valence-electron chi connectivity index (χ3n) is 5.53. The molecule has 2 saturated heterocycles. The summed E-state index contributed by atoms with van der Waals surface area (Å²) in [6, 6.07) is 4.74. The van der Waals surface area contributed by atoms with Crippen molar-refractivity contribution in [2.45, 2.75) is 12.5 Å². The van der Waals surface area contributed by atoms with Gasteiger partial charge in [-0.3, -0.25) is 9.58 Å². The van der Waals surface area contributed by atoms with Crippen LogP contribution in [-0.4, -0.2) is 63.9 Å². The van der Waals surface area contributed by atoms with Crippen molar-refractivity contribution >= 4 is 28.4 Å². The van der Waals surface area contributed by atoms with Gasteiger partial charge in [0, 0.05) is 44.8 Å². The molecule has 0 saturated carbocycles. The van der Waals surface area contributed by atoms with Crippen molar-refractivity contribution in [1.82, 2.24) is 24.6 Å². The molecule has 2 aliphatic rings. The molecule has 3 aromatic rings. The highest BCUT2D eigenvalue weighted by Gasteiger charge is 2.30. The van der Waals surface area contributed by atoms with E-state index in [0.29, 0.717) is 6.54 Å². The van der Waals surface area contributed by atoms with Crippen LogP contribution in [0.1, 0.15) is 12.5 Å². The lowest BCUT2D eigenvalue weighted by Crippen LogP contribution is -2.28. The van der Waals surface area contributed by atoms with Crippen LogP contribution < -0.4 is 9.80 Å². The first kappa shape index (κ1) is 16.9. The number of nitrogens with zero attached hydrogens (tertiary/aromatic N) is 7. The summed E-state index contributed by atoms with van der Waals surface area (Å²) in [5.41, 5.74) is 1.55. The predicted octanol–water partition coefficient (Wildman–Crippen LogP) is 2.29. The number of rotatable bonds is 3. The molecule has 8 nitrogen and oxygen atoms in total. The third kappa shape index (κ3) is 2.74. The van der Waals surface area contributed by atoms with Crippen molar-refractivity contribution < 1.29 is 9.18 Å². The zero-order valence-electron chi connectivity index (χ0n) is 15.5. The van der Waals surface area contributed by atoms with E-state index in [0.717, 1.165) is 48.5 Å². The molecule has 144 valence electrons. The molecule has 1 unspecified atom stereocenters. The highest BCUT2D eigenvalue weighted by Crippen LogP contribution is 2.31. The van der Waals surface area contributed by atoms with E-state index in [4.69, 9.17) is 0 Å². The van der Waals surface area contributed by atoms with Crippen molar-refractivity contribution in [3.63, 3.8) is 0 Å². The summed E-state index contributed by atoms with van der Waals surface area (Å²) >= 11 is 0. The van der Waals surface area contributed by atoms with Gasteiger partial charge in [-0.05, 0) is 24.6 Å². The van der Waals surface area contributed by atoms with E-state index in [1.807, 2.05) is 10.9 Å². The smallest absolute Gasteiger partial charge is 0.324 e. The van der Waals surface area contributed by atoms with Crippen molar-refractivity contribution in [2.75, 3.05) is 43.0 Å². The first-order valence-electron chi connectivity index (χ1n) is 9.32.